The summed E-state index contributed by atoms with van der Waals surface area (Å²) in [5, 5.41) is 10.5. The van der Waals surface area contributed by atoms with E-state index < -0.39 is 0 Å². The van der Waals surface area contributed by atoms with E-state index in [2.05, 4.69) is 25.9 Å². The zero-order valence-electron chi connectivity index (χ0n) is 17.5. The van der Waals surface area contributed by atoms with Crippen molar-refractivity contribution in [3.05, 3.63) is 75.1 Å². The van der Waals surface area contributed by atoms with Crippen molar-refractivity contribution in [2.24, 2.45) is 4.99 Å². The molecule has 2 heterocycles. The third-order valence-electron chi connectivity index (χ3n) is 4.37. The van der Waals surface area contributed by atoms with E-state index in [-0.39, 0.29) is 5.91 Å². The lowest BCUT2D eigenvalue weighted by molar-refractivity contribution is 0.0948. The number of nitrogens with zero attached hydrogens (tertiary/aromatic N) is 2. The van der Waals surface area contributed by atoms with Crippen LogP contribution in [0.4, 0.5) is 0 Å². The Morgan fingerprint density at radius 2 is 2.00 bits per heavy atom. The van der Waals surface area contributed by atoms with Crippen molar-refractivity contribution in [3.8, 4) is 0 Å². The second-order valence-corrected chi connectivity index (χ2v) is 8.04. The van der Waals surface area contributed by atoms with Crippen LogP contribution >= 0.6 is 11.3 Å². The molecule has 158 valence electrons. The van der Waals surface area contributed by atoms with Gasteiger partial charge in [-0.1, -0.05) is 12.1 Å². The Hall–Kier alpha value is -3.13. The van der Waals surface area contributed by atoms with Gasteiger partial charge in [0.05, 0.1) is 36.6 Å². The molecule has 30 heavy (non-hydrogen) atoms. The molecule has 0 aliphatic carbocycles. The summed E-state index contributed by atoms with van der Waals surface area (Å²) in [6.07, 6.45) is 1.59. The first-order valence-electron chi connectivity index (χ1n) is 9.89. The Balaban J connectivity index is 1.60. The number of hydrogen-bond acceptors (Lipinski definition) is 5. The molecule has 1 amide bonds. The number of rotatable bonds is 8. The Kier molecular flexibility index (Phi) is 7.62. The SMILES string of the molecule is CCNC(=NCc1cccc(C(=O)NCc2ccco2)c1)NCc1sc(C)nc1C. The van der Waals surface area contributed by atoms with Crippen molar-refractivity contribution < 1.29 is 9.21 Å². The van der Waals surface area contributed by atoms with E-state index in [9.17, 15) is 4.79 Å². The van der Waals surface area contributed by atoms with Crippen LogP contribution in [-0.2, 0) is 19.6 Å². The third kappa shape index (κ3) is 6.18. The van der Waals surface area contributed by atoms with Gasteiger partial charge < -0.3 is 20.4 Å². The molecule has 1 aromatic carbocycles. The van der Waals surface area contributed by atoms with Crippen molar-refractivity contribution in [2.75, 3.05) is 6.54 Å². The molecular formula is C22H27N5O2S. The fourth-order valence-electron chi connectivity index (χ4n) is 2.91. The van der Waals surface area contributed by atoms with Gasteiger partial charge in [0.1, 0.15) is 5.76 Å². The van der Waals surface area contributed by atoms with Crippen molar-refractivity contribution in [2.45, 2.75) is 40.4 Å². The van der Waals surface area contributed by atoms with Crippen LogP contribution in [0.3, 0.4) is 0 Å². The first kappa shape index (κ1) is 21.6. The first-order chi connectivity index (χ1) is 14.5. The van der Waals surface area contributed by atoms with Gasteiger partial charge in [-0.05, 0) is 50.6 Å². The molecule has 0 saturated heterocycles. The van der Waals surface area contributed by atoms with Gasteiger partial charge in [0, 0.05) is 17.0 Å². The number of aliphatic imine (C=N–C) groups is 1. The Morgan fingerprint density at radius 1 is 1.13 bits per heavy atom. The number of nitrogens with one attached hydrogen (secondary N) is 3. The molecule has 0 saturated carbocycles. The second-order valence-electron chi connectivity index (χ2n) is 6.75. The molecule has 0 spiro atoms. The van der Waals surface area contributed by atoms with Gasteiger partial charge in [-0.15, -0.1) is 11.3 Å². The monoisotopic (exact) mass is 425 g/mol. The van der Waals surface area contributed by atoms with Gasteiger partial charge >= 0.3 is 0 Å². The maximum Gasteiger partial charge on any atom is 0.251 e. The normalized spacial score (nSPS) is 11.4. The summed E-state index contributed by atoms with van der Waals surface area (Å²) in [5.41, 5.74) is 2.61. The highest BCUT2D eigenvalue weighted by molar-refractivity contribution is 7.11. The van der Waals surface area contributed by atoms with Gasteiger partial charge in [0.25, 0.3) is 5.91 Å². The molecule has 8 heteroatoms. The van der Waals surface area contributed by atoms with Crippen LogP contribution in [0.5, 0.6) is 0 Å². The van der Waals surface area contributed by atoms with Gasteiger partial charge in [-0.25, -0.2) is 9.98 Å². The number of carbonyl (C=O) groups is 1. The molecule has 0 aliphatic heterocycles. The van der Waals surface area contributed by atoms with E-state index in [1.165, 1.54) is 4.88 Å². The molecule has 0 radical (unpaired) electrons. The lowest BCUT2D eigenvalue weighted by atomic mass is 10.1. The summed E-state index contributed by atoms with van der Waals surface area (Å²) in [4.78, 5) is 22.7. The Labute approximate surface area is 180 Å². The zero-order chi connectivity index (χ0) is 21.3. The quantitative estimate of drug-likeness (QED) is 0.379. The zero-order valence-corrected chi connectivity index (χ0v) is 18.3. The number of thiazole rings is 1. The largest absolute Gasteiger partial charge is 0.467 e. The van der Waals surface area contributed by atoms with Crippen LogP contribution < -0.4 is 16.0 Å². The van der Waals surface area contributed by atoms with Crippen molar-refractivity contribution in [3.63, 3.8) is 0 Å². The Morgan fingerprint density at radius 3 is 2.70 bits per heavy atom. The van der Waals surface area contributed by atoms with Crippen LogP contribution in [-0.4, -0.2) is 23.4 Å². The number of benzene rings is 1. The van der Waals surface area contributed by atoms with Crippen LogP contribution in [0.2, 0.25) is 0 Å². The number of hydrogen-bond donors (Lipinski definition) is 3. The number of amides is 1. The molecule has 0 atom stereocenters. The first-order valence-corrected chi connectivity index (χ1v) is 10.7. The molecular weight excluding hydrogens is 398 g/mol. The van der Waals surface area contributed by atoms with Crippen LogP contribution in [0.15, 0.2) is 52.1 Å². The van der Waals surface area contributed by atoms with Crippen molar-refractivity contribution in [1.82, 2.24) is 20.9 Å². The molecule has 2 aromatic heterocycles. The second kappa shape index (κ2) is 10.6. The standard InChI is InChI=1S/C22H27N5O2S/c1-4-23-22(26-14-20-15(2)27-16(3)30-20)25-12-17-7-5-8-18(11-17)21(28)24-13-19-9-6-10-29-19/h5-11H,4,12-14H2,1-3H3,(H,24,28)(H2,23,25,26). The van der Waals surface area contributed by atoms with Gasteiger partial charge in [0.2, 0.25) is 0 Å². The summed E-state index contributed by atoms with van der Waals surface area (Å²) in [6.45, 7) is 8.34. The minimum Gasteiger partial charge on any atom is -0.467 e. The minimum atomic E-state index is -0.140. The van der Waals surface area contributed by atoms with Crippen LogP contribution in [0.25, 0.3) is 0 Å². The van der Waals surface area contributed by atoms with Crippen molar-refractivity contribution >= 4 is 23.2 Å². The fourth-order valence-corrected chi connectivity index (χ4v) is 3.78. The predicted molar refractivity (Wildman–Crippen MR) is 120 cm³/mol. The maximum atomic E-state index is 12.4. The molecule has 7 nitrogen and oxygen atoms in total. The summed E-state index contributed by atoms with van der Waals surface area (Å²) in [5.74, 6) is 1.31. The van der Waals surface area contributed by atoms with Crippen LogP contribution in [0.1, 0.15) is 44.2 Å². The highest BCUT2D eigenvalue weighted by atomic mass is 32.1. The molecule has 3 rings (SSSR count). The van der Waals surface area contributed by atoms with E-state index in [0.29, 0.717) is 25.2 Å². The summed E-state index contributed by atoms with van der Waals surface area (Å²) in [7, 11) is 0. The summed E-state index contributed by atoms with van der Waals surface area (Å²) >= 11 is 1.69. The van der Waals surface area contributed by atoms with Gasteiger partial charge in [0.15, 0.2) is 5.96 Å². The smallest absolute Gasteiger partial charge is 0.251 e. The molecule has 3 N–H and O–H groups in total. The number of aromatic nitrogens is 1. The number of furan rings is 1. The fraction of sp³-hybridized carbons (Fsp3) is 0.318. The average Bonchev–Trinajstić information content (AvgIpc) is 3.37. The van der Waals surface area contributed by atoms with E-state index in [0.717, 1.165) is 34.5 Å². The molecule has 0 fully saturated rings. The van der Waals surface area contributed by atoms with Crippen LogP contribution in [0, 0.1) is 13.8 Å². The molecule has 0 bridgehead atoms. The molecule has 0 aliphatic rings. The Bertz CT molecular complexity index is 995. The van der Waals surface area contributed by atoms with E-state index in [1.807, 2.05) is 45.0 Å². The topological polar surface area (TPSA) is 91.5 Å². The number of carbonyl (C=O) groups excluding carboxylic acids is 1. The lowest BCUT2D eigenvalue weighted by Crippen LogP contribution is -2.36. The highest BCUT2D eigenvalue weighted by Crippen LogP contribution is 2.16. The number of guanidine groups is 1. The highest BCUT2D eigenvalue weighted by Gasteiger charge is 2.08. The molecule has 3 aromatic rings. The van der Waals surface area contributed by atoms with Gasteiger partial charge in [-0.2, -0.15) is 0 Å². The third-order valence-corrected chi connectivity index (χ3v) is 5.45. The number of aryl methyl sites for hydroxylation is 2. The summed E-state index contributed by atoms with van der Waals surface area (Å²) in [6, 6.07) is 11.1. The van der Waals surface area contributed by atoms with E-state index in [1.54, 1.807) is 29.7 Å². The van der Waals surface area contributed by atoms with E-state index in [4.69, 9.17) is 4.42 Å². The maximum absolute atomic E-state index is 12.4. The lowest BCUT2D eigenvalue weighted by Gasteiger charge is -2.11. The average molecular weight is 426 g/mol. The van der Waals surface area contributed by atoms with Gasteiger partial charge in [-0.3, -0.25) is 4.79 Å². The predicted octanol–water partition coefficient (Wildman–Crippen LogP) is 3.54. The summed E-state index contributed by atoms with van der Waals surface area (Å²) < 4.78 is 5.25. The molecule has 0 unspecified atom stereocenters. The van der Waals surface area contributed by atoms with Crippen molar-refractivity contribution in [1.29, 1.82) is 0 Å². The minimum absolute atomic E-state index is 0.140. The van der Waals surface area contributed by atoms with E-state index >= 15 is 0 Å².